The fourth-order valence-electron chi connectivity index (χ4n) is 2.79. The molecule has 140 valence electrons. The minimum absolute atomic E-state index is 0.151. The fraction of sp³-hybridized carbons (Fsp3) is 0.100. The highest BCUT2D eigenvalue weighted by Gasteiger charge is 2.16. The van der Waals surface area contributed by atoms with Crippen LogP contribution < -0.4 is 5.32 Å². The van der Waals surface area contributed by atoms with Gasteiger partial charge in [0.1, 0.15) is 5.01 Å². The second-order valence-corrected chi connectivity index (χ2v) is 8.24. The van der Waals surface area contributed by atoms with E-state index in [9.17, 15) is 4.79 Å². The van der Waals surface area contributed by atoms with Gasteiger partial charge in [-0.1, -0.05) is 57.6 Å². The van der Waals surface area contributed by atoms with E-state index in [1.807, 2.05) is 67.7 Å². The minimum atomic E-state index is -0.151. The number of benzene rings is 2. The maximum atomic E-state index is 12.6. The molecular formula is C20H16BrN5OS. The highest BCUT2D eigenvalue weighted by molar-refractivity contribution is 9.10. The van der Waals surface area contributed by atoms with E-state index < -0.39 is 0 Å². The van der Waals surface area contributed by atoms with Crippen LogP contribution in [-0.4, -0.2) is 25.9 Å². The first-order valence-corrected chi connectivity index (χ1v) is 10.2. The van der Waals surface area contributed by atoms with Crippen LogP contribution in [0.2, 0.25) is 0 Å². The molecule has 1 amide bonds. The Balaban J connectivity index is 1.66. The van der Waals surface area contributed by atoms with Gasteiger partial charge in [-0.2, -0.15) is 5.10 Å². The van der Waals surface area contributed by atoms with Crippen molar-refractivity contribution in [3.05, 3.63) is 75.8 Å². The Kier molecular flexibility index (Phi) is 5.31. The zero-order chi connectivity index (χ0) is 19.5. The van der Waals surface area contributed by atoms with Crippen molar-refractivity contribution in [3.8, 4) is 16.9 Å². The summed E-state index contributed by atoms with van der Waals surface area (Å²) < 4.78 is 2.79. The van der Waals surface area contributed by atoms with Gasteiger partial charge in [-0.05, 0) is 31.2 Å². The molecular weight excluding hydrogens is 438 g/mol. The van der Waals surface area contributed by atoms with Gasteiger partial charge in [0.15, 0.2) is 0 Å². The molecule has 6 nitrogen and oxygen atoms in total. The lowest BCUT2D eigenvalue weighted by Gasteiger charge is -2.03. The van der Waals surface area contributed by atoms with Crippen LogP contribution in [0.1, 0.15) is 10.6 Å². The quantitative estimate of drug-likeness (QED) is 0.477. The Labute approximate surface area is 174 Å². The van der Waals surface area contributed by atoms with E-state index in [4.69, 9.17) is 5.10 Å². The second kappa shape index (κ2) is 8.04. The third-order valence-corrected chi connectivity index (χ3v) is 5.33. The minimum Gasteiger partial charge on any atom is -0.300 e. The van der Waals surface area contributed by atoms with Crippen molar-refractivity contribution in [1.29, 1.82) is 0 Å². The molecule has 0 bridgehead atoms. The number of aromatic nitrogens is 4. The van der Waals surface area contributed by atoms with Crippen molar-refractivity contribution in [2.45, 2.75) is 13.3 Å². The van der Waals surface area contributed by atoms with E-state index >= 15 is 0 Å². The number of carbonyl (C=O) groups is 1. The normalized spacial score (nSPS) is 10.8. The highest BCUT2D eigenvalue weighted by atomic mass is 79.9. The Morgan fingerprint density at radius 2 is 1.86 bits per heavy atom. The lowest BCUT2D eigenvalue weighted by Crippen LogP contribution is -2.14. The SMILES string of the molecule is Cc1nnc(NC(=O)Cc2cn(-c3ccccc3)nc2-c2ccc(Br)cc2)s1. The third-order valence-electron chi connectivity index (χ3n) is 4.05. The Bertz CT molecular complexity index is 1110. The summed E-state index contributed by atoms with van der Waals surface area (Å²) in [6.07, 6.45) is 2.09. The van der Waals surface area contributed by atoms with Crippen molar-refractivity contribution >= 4 is 38.3 Å². The molecule has 2 aromatic carbocycles. The molecule has 0 atom stereocenters. The second-order valence-electron chi connectivity index (χ2n) is 6.14. The van der Waals surface area contributed by atoms with Crippen LogP contribution in [-0.2, 0) is 11.2 Å². The molecule has 0 spiro atoms. The van der Waals surface area contributed by atoms with Crippen LogP contribution in [0.5, 0.6) is 0 Å². The zero-order valence-corrected chi connectivity index (χ0v) is 17.4. The summed E-state index contributed by atoms with van der Waals surface area (Å²) in [5.41, 5.74) is 3.50. The van der Waals surface area contributed by atoms with E-state index in [-0.39, 0.29) is 12.3 Å². The van der Waals surface area contributed by atoms with Gasteiger partial charge in [0.05, 0.1) is 17.8 Å². The lowest BCUT2D eigenvalue weighted by atomic mass is 10.1. The van der Waals surface area contributed by atoms with Gasteiger partial charge in [0.25, 0.3) is 0 Å². The van der Waals surface area contributed by atoms with E-state index in [0.29, 0.717) is 5.13 Å². The predicted molar refractivity (Wildman–Crippen MR) is 114 cm³/mol. The molecule has 2 aromatic heterocycles. The first-order chi connectivity index (χ1) is 13.6. The molecule has 0 aliphatic rings. The van der Waals surface area contributed by atoms with Gasteiger partial charge in [0, 0.05) is 21.8 Å². The van der Waals surface area contributed by atoms with Crippen LogP contribution in [0.15, 0.2) is 65.3 Å². The largest absolute Gasteiger partial charge is 0.300 e. The summed E-state index contributed by atoms with van der Waals surface area (Å²) in [6, 6.07) is 17.7. The highest BCUT2D eigenvalue weighted by Crippen LogP contribution is 2.26. The average Bonchev–Trinajstić information content (AvgIpc) is 3.29. The molecule has 2 heterocycles. The van der Waals surface area contributed by atoms with Gasteiger partial charge in [-0.3, -0.25) is 4.79 Å². The summed E-state index contributed by atoms with van der Waals surface area (Å²) in [7, 11) is 0. The van der Waals surface area contributed by atoms with Gasteiger partial charge in [0.2, 0.25) is 11.0 Å². The molecule has 8 heteroatoms. The number of nitrogens with one attached hydrogen (secondary N) is 1. The maximum Gasteiger partial charge on any atom is 0.230 e. The lowest BCUT2D eigenvalue weighted by molar-refractivity contribution is -0.115. The van der Waals surface area contributed by atoms with Crippen molar-refractivity contribution in [3.63, 3.8) is 0 Å². The first kappa shape index (κ1) is 18.5. The molecule has 0 saturated heterocycles. The van der Waals surface area contributed by atoms with Gasteiger partial charge in [-0.25, -0.2) is 4.68 Å². The summed E-state index contributed by atoms with van der Waals surface area (Å²) in [4.78, 5) is 12.6. The fourth-order valence-corrected chi connectivity index (χ4v) is 3.66. The Hall–Kier alpha value is -2.84. The third kappa shape index (κ3) is 4.18. The summed E-state index contributed by atoms with van der Waals surface area (Å²) >= 11 is 4.81. The van der Waals surface area contributed by atoms with Crippen molar-refractivity contribution < 1.29 is 4.79 Å². The predicted octanol–water partition coefficient (Wildman–Crippen LogP) is 4.64. The zero-order valence-electron chi connectivity index (χ0n) is 15.0. The molecule has 0 radical (unpaired) electrons. The number of amides is 1. The number of hydrogen-bond acceptors (Lipinski definition) is 5. The molecule has 0 unspecified atom stereocenters. The van der Waals surface area contributed by atoms with E-state index in [1.54, 1.807) is 4.68 Å². The van der Waals surface area contributed by atoms with Crippen molar-refractivity contribution in [2.24, 2.45) is 0 Å². The smallest absolute Gasteiger partial charge is 0.230 e. The van der Waals surface area contributed by atoms with Crippen LogP contribution >= 0.6 is 27.3 Å². The van der Waals surface area contributed by atoms with Gasteiger partial charge in [-0.15, -0.1) is 10.2 Å². The number of para-hydroxylation sites is 1. The van der Waals surface area contributed by atoms with E-state index in [2.05, 4.69) is 31.4 Å². The molecule has 4 rings (SSSR count). The topological polar surface area (TPSA) is 72.7 Å². The monoisotopic (exact) mass is 453 g/mol. The molecule has 0 saturated carbocycles. The molecule has 1 N–H and O–H groups in total. The number of anilines is 1. The number of hydrogen-bond donors (Lipinski definition) is 1. The van der Waals surface area contributed by atoms with Crippen LogP contribution in [0, 0.1) is 6.92 Å². The molecule has 28 heavy (non-hydrogen) atoms. The summed E-state index contributed by atoms with van der Waals surface area (Å²) in [6.45, 7) is 1.85. The van der Waals surface area contributed by atoms with Crippen LogP contribution in [0.4, 0.5) is 5.13 Å². The van der Waals surface area contributed by atoms with E-state index in [1.165, 1.54) is 11.3 Å². The summed E-state index contributed by atoms with van der Waals surface area (Å²) in [5.74, 6) is -0.151. The van der Waals surface area contributed by atoms with Gasteiger partial charge < -0.3 is 5.32 Å². The number of nitrogens with zero attached hydrogens (tertiary/aromatic N) is 4. The van der Waals surface area contributed by atoms with Crippen molar-refractivity contribution in [1.82, 2.24) is 20.0 Å². The number of halogens is 1. The Morgan fingerprint density at radius 1 is 1.11 bits per heavy atom. The standard InChI is InChI=1S/C20H16BrN5OS/c1-13-23-24-20(28-13)22-18(27)11-15-12-26(17-5-3-2-4-6-17)25-19(15)14-7-9-16(21)10-8-14/h2-10,12H,11H2,1H3,(H,22,24,27). The van der Waals surface area contributed by atoms with Crippen LogP contribution in [0.25, 0.3) is 16.9 Å². The molecule has 0 aliphatic carbocycles. The number of aryl methyl sites for hydroxylation is 1. The Morgan fingerprint density at radius 3 is 2.54 bits per heavy atom. The number of carbonyl (C=O) groups excluding carboxylic acids is 1. The molecule has 4 aromatic rings. The molecule has 0 fully saturated rings. The van der Waals surface area contributed by atoms with Crippen LogP contribution in [0.3, 0.4) is 0 Å². The number of rotatable bonds is 5. The average molecular weight is 454 g/mol. The summed E-state index contributed by atoms with van der Waals surface area (Å²) in [5, 5.41) is 16.7. The van der Waals surface area contributed by atoms with E-state index in [0.717, 1.165) is 32.0 Å². The first-order valence-electron chi connectivity index (χ1n) is 8.58. The molecule has 0 aliphatic heterocycles. The van der Waals surface area contributed by atoms with Gasteiger partial charge >= 0.3 is 0 Å². The maximum absolute atomic E-state index is 12.6. The van der Waals surface area contributed by atoms with Crippen molar-refractivity contribution in [2.75, 3.05) is 5.32 Å².